The average molecular weight is 355 g/mol. The minimum Gasteiger partial charge on any atom is -0.273 e. The molecule has 0 aliphatic rings. The summed E-state index contributed by atoms with van der Waals surface area (Å²) in [5.41, 5.74) is -1.47. The van der Waals surface area contributed by atoms with Crippen LogP contribution in [-0.4, -0.2) is 13.3 Å². The largest absolute Gasteiger partial charge is 0.300 e. The van der Waals surface area contributed by atoms with Crippen molar-refractivity contribution in [3.8, 4) is 0 Å². The second-order valence-corrected chi connectivity index (χ2v) is 7.25. The van der Waals surface area contributed by atoms with Crippen LogP contribution < -0.4 is 4.72 Å². The Balaban J connectivity index is 2.44. The quantitative estimate of drug-likeness (QED) is 0.673. The van der Waals surface area contributed by atoms with Gasteiger partial charge >= 0.3 is 0 Å². The van der Waals surface area contributed by atoms with Crippen molar-refractivity contribution >= 4 is 44.3 Å². The van der Waals surface area contributed by atoms with Crippen molar-refractivity contribution in [2.75, 3.05) is 4.72 Å². The first-order valence-electron chi connectivity index (χ1n) is 5.13. The van der Waals surface area contributed by atoms with E-state index in [2.05, 4.69) is 0 Å². The second kappa shape index (κ2) is 5.54. The van der Waals surface area contributed by atoms with Gasteiger partial charge in [0.05, 0.1) is 4.92 Å². The molecule has 2 aromatic rings. The van der Waals surface area contributed by atoms with Gasteiger partial charge in [-0.25, -0.2) is 17.2 Å². The van der Waals surface area contributed by atoms with Crippen molar-refractivity contribution in [2.24, 2.45) is 0 Å². The minimum absolute atomic E-state index is 0.352. The molecule has 2 rings (SSSR count). The summed E-state index contributed by atoms with van der Waals surface area (Å²) in [5, 5.41) is 10.6. The number of nitrogens with one attached hydrogen (secondary N) is 1. The number of hydrogen-bond acceptors (Lipinski definition) is 5. The van der Waals surface area contributed by atoms with Gasteiger partial charge in [-0.1, -0.05) is 17.7 Å². The Kier molecular flexibility index (Phi) is 4.12. The maximum Gasteiger partial charge on any atom is 0.300 e. The lowest BCUT2D eigenvalue weighted by Crippen LogP contribution is -2.14. The third-order valence-corrected chi connectivity index (χ3v) is 5.47. The first-order chi connectivity index (χ1) is 9.72. The van der Waals surface area contributed by atoms with Gasteiger partial charge in [0.15, 0.2) is 4.34 Å². The van der Waals surface area contributed by atoms with E-state index in [9.17, 15) is 27.3 Å². The standard InChI is InChI=1S/C10H5ClF2N2O4S2/c11-10-7(15(16)17)4-8(20-10)21(18,19)14-9-5(12)2-1-3-6(9)13/h1-4,14H. The van der Waals surface area contributed by atoms with Crippen LogP contribution in [0.1, 0.15) is 0 Å². The number of rotatable bonds is 4. The highest BCUT2D eigenvalue weighted by atomic mass is 35.5. The molecule has 0 aliphatic heterocycles. The fraction of sp³-hybridized carbons (Fsp3) is 0. The molecule has 0 amide bonds. The molecule has 0 aliphatic carbocycles. The summed E-state index contributed by atoms with van der Waals surface area (Å²) in [7, 11) is -4.39. The molecule has 0 spiro atoms. The van der Waals surface area contributed by atoms with Gasteiger partial charge in [-0.2, -0.15) is 0 Å². The van der Waals surface area contributed by atoms with Gasteiger partial charge in [0.1, 0.15) is 21.5 Å². The Bertz CT molecular complexity index is 802. The summed E-state index contributed by atoms with van der Waals surface area (Å²) in [6, 6.07) is 3.51. The Labute approximate surface area is 126 Å². The van der Waals surface area contributed by atoms with Crippen LogP contribution >= 0.6 is 22.9 Å². The van der Waals surface area contributed by atoms with Crippen LogP contribution in [0.3, 0.4) is 0 Å². The second-order valence-electron chi connectivity index (χ2n) is 3.68. The zero-order chi connectivity index (χ0) is 15.8. The van der Waals surface area contributed by atoms with Crippen LogP contribution in [0.2, 0.25) is 4.34 Å². The van der Waals surface area contributed by atoms with Crippen molar-refractivity contribution in [1.29, 1.82) is 0 Å². The molecule has 1 N–H and O–H groups in total. The molecule has 11 heteroatoms. The molecule has 0 atom stereocenters. The lowest BCUT2D eigenvalue weighted by Gasteiger charge is -2.07. The number of anilines is 1. The molecule has 0 radical (unpaired) electrons. The summed E-state index contributed by atoms with van der Waals surface area (Å²) in [4.78, 5) is 9.76. The topological polar surface area (TPSA) is 89.3 Å². The number of nitrogens with zero attached hydrogens (tertiary/aromatic N) is 1. The van der Waals surface area contributed by atoms with E-state index in [1.807, 2.05) is 0 Å². The van der Waals surface area contributed by atoms with Crippen LogP contribution in [0.25, 0.3) is 0 Å². The smallest absolute Gasteiger partial charge is 0.273 e. The first-order valence-corrected chi connectivity index (χ1v) is 7.80. The molecule has 112 valence electrons. The van der Waals surface area contributed by atoms with Gasteiger partial charge in [-0.3, -0.25) is 14.8 Å². The molecule has 1 heterocycles. The predicted molar refractivity (Wildman–Crippen MR) is 73.1 cm³/mol. The zero-order valence-corrected chi connectivity index (χ0v) is 12.2. The Morgan fingerprint density at radius 3 is 2.33 bits per heavy atom. The predicted octanol–water partition coefficient (Wildman–Crippen LogP) is 3.39. The van der Waals surface area contributed by atoms with Crippen molar-refractivity contribution < 1.29 is 22.1 Å². The molecule has 1 aromatic heterocycles. The lowest BCUT2D eigenvalue weighted by atomic mass is 10.3. The maximum absolute atomic E-state index is 13.4. The van der Waals surface area contributed by atoms with Crippen molar-refractivity contribution in [3.05, 3.63) is 50.4 Å². The molecule has 0 fully saturated rings. The number of halogens is 3. The van der Waals surface area contributed by atoms with Gasteiger partial charge < -0.3 is 0 Å². The lowest BCUT2D eigenvalue weighted by molar-refractivity contribution is -0.384. The summed E-state index contributed by atoms with van der Waals surface area (Å²) in [6.07, 6.45) is 0. The first kappa shape index (κ1) is 15.6. The highest BCUT2D eigenvalue weighted by molar-refractivity contribution is 7.94. The van der Waals surface area contributed by atoms with Gasteiger partial charge in [0.2, 0.25) is 0 Å². The van der Waals surface area contributed by atoms with Crippen LogP contribution in [0, 0.1) is 21.7 Å². The molecular formula is C10H5ClF2N2O4S2. The minimum atomic E-state index is -4.39. The van der Waals surface area contributed by atoms with Crippen LogP contribution in [0.5, 0.6) is 0 Å². The van der Waals surface area contributed by atoms with Gasteiger partial charge in [-0.05, 0) is 12.1 Å². The van der Waals surface area contributed by atoms with Crippen LogP contribution in [0.4, 0.5) is 20.2 Å². The van der Waals surface area contributed by atoms with E-state index < -0.39 is 42.2 Å². The highest BCUT2D eigenvalue weighted by Crippen LogP contribution is 2.37. The molecule has 0 saturated heterocycles. The highest BCUT2D eigenvalue weighted by Gasteiger charge is 2.26. The summed E-state index contributed by atoms with van der Waals surface area (Å²) >= 11 is 5.96. The van der Waals surface area contributed by atoms with Crippen molar-refractivity contribution in [1.82, 2.24) is 0 Å². The normalized spacial score (nSPS) is 11.4. The fourth-order valence-electron chi connectivity index (χ4n) is 1.38. The fourth-order valence-corrected chi connectivity index (χ4v) is 4.12. The molecular weight excluding hydrogens is 350 g/mol. The molecule has 0 bridgehead atoms. The number of hydrogen-bond donors (Lipinski definition) is 1. The SMILES string of the molecule is O=[N+]([O-])c1cc(S(=O)(=O)Nc2c(F)cccc2F)sc1Cl. The van der Waals surface area contributed by atoms with Gasteiger partial charge in [0.25, 0.3) is 15.7 Å². The molecule has 0 saturated carbocycles. The van der Waals surface area contributed by atoms with E-state index in [0.29, 0.717) is 17.4 Å². The number of thiophene rings is 1. The van der Waals surface area contributed by atoms with Crippen molar-refractivity contribution in [3.63, 3.8) is 0 Å². The molecule has 0 unspecified atom stereocenters. The van der Waals surface area contributed by atoms with Crippen LogP contribution in [-0.2, 0) is 10.0 Å². The zero-order valence-electron chi connectivity index (χ0n) is 9.84. The van der Waals surface area contributed by atoms with Gasteiger partial charge in [-0.15, -0.1) is 11.3 Å². The van der Waals surface area contributed by atoms with E-state index >= 15 is 0 Å². The third kappa shape index (κ3) is 3.12. The Hall–Kier alpha value is -1.78. The number of para-hydroxylation sites is 1. The molecule has 6 nitrogen and oxygen atoms in total. The summed E-state index contributed by atoms with van der Waals surface area (Å²) < 4.78 is 51.6. The van der Waals surface area contributed by atoms with E-state index in [4.69, 9.17) is 11.6 Å². The third-order valence-electron chi connectivity index (χ3n) is 2.31. The van der Waals surface area contributed by atoms with E-state index in [1.54, 1.807) is 4.72 Å². The number of sulfonamides is 1. The van der Waals surface area contributed by atoms with E-state index in [-0.39, 0.29) is 4.34 Å². The number of nitro groups is 1. The Morgan fingerprint density at radius 2 is 1.86 bits per heavy atom. The van der Waals surface area contributed by atoms with E-state index in [0.717, 1.165) is 18.2 Å². The Morgan fingerprint density at radius 1 is 1.29 bits per heavy atom. The summed E-state index contributed by atoms with van der Waals surface area (Å²) in [5.74, 6) is -2.23. The van der Waals surface area contributed by atoms with Crippen LogP contribution in [0.15, 0.2) is 28.5 Å². The van der Waals surface area contributed by atoms with E-state index in [1.165, 1.54) is 0 Å². The number of benzene rings is 1. The van der Waals surface area contributed by atoms with Gasteiger partial charge in [0, 0.05) is 6.07 Å². The average Bonchev–Trinajstić information content (AvgIpc) is 2.77. The monoisotopic (exact) mass is 354 g/mol. The molecule has 21 heavy (non-hydrogen) atoms. The maximum atomic E-state index is 13.4. The summed E-state index contributed by atoms with van der Waals surface area (Å²) in [6.45, 7) is 0. The van der Waals surface area contributed by atoms with Crippen molar-refractivity contribution in [2.45, 2.75) is 4.21 Å². The molecule has 1 aromatic carbocycles.